The normalized spacial score (nSPS) is 10.2. The standard InChI is InChI=1S/C14H12FNO3/c1-2-10-6-8-11(9-7-10)19-13-5-3-4-12(15)14(13)16(17)18/h3-9H,2H2,1H3. The average Bonchev–Trinajstić information content (AvgIpc) is 2.39. The molecule has 2 aromatic carbocycles. The minimum absolute atomic E-state index is 0.103. The number of halogens is 1. The molecule has 0 radical (unpaired) electrons. The van der Waals surface area contributed by atoms with Gasteiger partial charge in [0.25, 0.3) is 0 Å². The molecule has 0 atom stereocenters. The summed E-state index contributed by atoms with van der Waals surface area (Å²) in [5, 5.41) is 10.8. The number of hydrogen-bond donors (Lipinski definition) is 0. The molecular weight excluding hydrogens is 249 g/mol. The Balaban J connectivity index is 2.32. The highest BCUT2D eigenvalue weighted by Gasteiger charge is 2.21. The van der Waals surface area contributed by atoms with Gasteiger partial charge < -0.3 is 4.74 Å². The Kier molecular flexibility index (Phi) is 3.75. The number of aryl methyl sites for hydroxylation is 1. The van der Waals surface area contributed by atoms with E-state index >= 15 is 0 Å². The summed E-state index contributed by atoms with van der Waals surface area (Å²) in [5.41, 5.74) is 0.475. The van der Waals surface area contributed by atoms with E-state index in [1.165, 1.54) is 12.1 Å². The van der Waals surface area contributed by atoms with Crippen molar-refractivity contribution in [3.8, 4) is 11.5 Å². The predicted molar refractivity (Wildman–Crippen MR) is 68.9 cm³/mol. The molecule has 0 heterocycles. The van der Waals surface area contributed by atoms with Crippen molar-refractivity contribution in [3.05, 3.63) is 64.0 Å². The van der Waals surface area contributed by atoms with Crippen LogP contribution in [0.15, 0.2) is 42.5 Å². The van der Waals surface area contributed by atoms with Crippen LogP contribution in [0, 0.1) is 15.9 Å². The van der Waals surface area contributed by atoms with E-state index in [1.54, 1.807) is 12.1 Å². The SMILES string of the molecule is CCc1ccc(Oc2cccc(F)c2[N+](=O)[O-])cc1. The molecule has 5 heteroatoms. The highest BCUT2D eigenvalue weighted by Crippen LogP contribution is 2.33. The van der Waals surface area contributed by atoms with E-state index in [1.807, 2.05) is 19.1 Å². The Hall–Kier alpha value is -2.43. The summed E-state index contributed by atoms with van der Waals surface area (Å²) in [4.78, 5) is 10.0. The van der Waals surface area contributed by atoms with E-state index in [4.69, 9.17) is 4.74 Å². The molecule has 0 aliphatic rings. The van der Waals surface area contributed by atoms with E-state index in [0.29, 0.717) is 5.75 Å². The fourth-order valence-electron chi connectivity index (χ4n) is 1.68. The maximum absolute atomic E-state index is 13.4. The first kappa shape index (κ1) is 13.0. The quantitative estimate of drug-likeness (QED) is 0.615. The molecular formula is C14H12FNO3. The fourth-order valence-corrected chi connectivity index (χ4v) is 1.68. The van der Waals surface area contributed by atoms with Gasteiger partial charge in [0.1, 0.15) is 5.75 Å². The second kappa shape index (κ2) is 5.48. The molecule has 0 spiro atoms. The lowest BCUT2D eigenvalue weighted by Gasteiger charge is -2.07. The van der Waals surface area contributed by atoms with Crippen LogP contribution in [0.3, 0.4) is 0 Å². The van der Waals surface area contributed by atoms with Crippen molar-refractivity contribution in [2.24, 2.45) is 0 Å². The topological polar surface area (TPSA) is 52.4 Å². The number of nitrogens with zero attached hydrogens (tertiary/aromatic N) is 1. The predicted octanol–water partition coefficient (Wildman–Crippen LogP) is 4.09. The summed E-state index contributed by atoms with van der Waals surface area (Å²) in [6.45, 7) is 2.02. The molecule has 4 nitrogen and oxygen atoms in total. The summed E-state index contributed by atoms with van der Waals surface area (Å²) >= 11 is 0. The number of nitro benzene ring substituents is 1. The van der Waals surface area contributed by atoms with Crippen LogP contribution in [0.4, 0.5) is 10.1 Å². The molecule has 0 N–H and O–H groups in total. The highest BCUT2D eigenvalue weighted by molar-refractivity contribution is 5.49. The van der Waals surface area contributed by atoms with Gasteiger partial charge in [0, 0.05) is 0 Å². The monoisotopic (exact) mass is 261 g/mol. The highest BCUT2D eigenvalue weighted by atomic mass is 19.1. The van der Waals surface area contributed by atoms with Crippen molar-refractivity contribution in [2.45, 2.75) is 13.3 Å². The van der Waals surface area contributed by atoms with Gasteiger partial charge in [0.2, 0.25) is 11.6 Å². The van der Waals surface area contributed by atoms with Crippen LogP contribution < -0.4 is 4.74 Å². The van der Waals surface area contributed by atoms with Crippen LogP contribution in [-0.2, 0) is 6.42 Å². The van der Waals surface area contributed by atoms with Crippen LogP contribution in [0.25, 0.3) is 0 Å². The molecule has 0 saturated heterocycles. The van der Waals surface area contributed by atoms with Gasteiger partial charge in [0.05, 0.1) is 4.92 Å². The van der Waals surface area contributed by atoms with Crippen molar-refractivity contribution >= 4 is 5.69 Å². The van der Waals surface area contributed by atoms with Gasteiger partial charge in [-0.15, -0.1) is 0 Å². The van der Waals surface area contributed by atoms with E-state index in [-0.39, 0.29) is 5.75 Å². The second-order valence-electron chi connectivity index (χ2n) is 3.94. The van der Waals surface area contributed by atoms with Gasteiger partial charge in [-0.3, -0.25) is 10.1 Å². The van der Waals surface area contributed by atoms with Crippen molar-refractivity contribution in [3.63, 3.8) is 0 Å². The Morgan fingerprint density at radius 2 is 1.89 bits per heavy atom. The van der Waals surface area contributed by atoms with Crippen LogP contribution in [-0.4, -0.2) is 4.92 Å². The molecule has 0 fully saturated rings. The molecule has 0 aliphatic carbocycles. The number of nitro groups is 1. The van der Waals surface area contributed by atoms with E-state index in [9.17, 15) is 14.5 Å². The van der Waals surface area contributed by atoms with Crippen LogP contribution in [0.2, 0.25) is 0 Å². The second-order valence-corrected chi connectivity index (χ2v) is 3.94. The lowest BCUT2D eigenvalue weighted by Crippen LogP contribution is -1.96. The van der Waals surface area contributed by atoms with Crippen LogP contribution in [0.1, 0.15) is 12.5 Å². The lowest BCUT2D eigenvalue weighted by atomic mass is 10.2. The lowest BCUT2D eigenvalue weighted by molar-refractivity contribution is -0.388. The summed E-state index contributed by atoms with van der Waals surface area (Å²) < 4.78 is 18.8. The molecule has 2 rings (SSSR count). The van der Waals surface area contributed by atoms with E-state index in [2.05, 4.69) is 0 Å². The average molecular weight is 261 g/mol. The minimum Gasteiger partial charge on any atom is -0.450 e. The first-order valence-electron chi connectivity index (χ1n) is 5.81. The summed E-state index contributed by atoms with van der Waals surface area (Å²) in [5.74, 6) is -0.576. The zero-order valence-electron chi connectivity index (χ0n) is 10.3. The molecule has 0 unspecified atom stereocenters. The van der Waals surface area contributed by atoms with E-state index in [0.717, 1.165) is 18.1 Å². The maximum Gasteiger partial charge on any atom is 0.346 e. The number of benzene rings is 2. The van der Waals surface area contributed by atoms with Gasteiger partial charge in [-0.2, -0.15) is 4.39 Å². The van der Waals surface area contributed by atoms with Crippen molar-refractivity contribution in [1.82, 2.24) is 0 Å². The minimum atomic E-state index is -0.910. The first-order chi connectivity index (χ1) is 9.11. The van der Waals surface area contributed by atoms with Gasteiger partial charge in [-0.25, -0.2) is 0 Å². The van der Waals surface area contributed by atoms with E-state index < -0.39 is 16.4 Å². The summed E-state index contributed by atoms with van der Waals surface area (Å²) in [6, 6.07) is 10.9. The van der Waals surface area contributed by atoms with Gasteiger partial charge in [-0.05, 0) is 36.2 Å². The molecule has 2 aromatic rings. The Bertz CT molecular complexity index is 596. The first-order valence-corrected chi connectivity index (χ1v) is 5.81. The zero-order chi connectivity index (χ0) is 13.8. The molecule has 0 aliphatic heterocycles. The molecule has 0 saturated carbocycles. The van der Waals surface area contributed by atoms with Crippen molar-refractivity contribution < 1.29 is 14.1 Å². The molecule has 19 heavy (non-hydrogen) atoms. The van der Waals surface area contributed by atoms with Crippen LogP contribution in [0.5, 0.6) is 11.5 Å². The fraction of sp³-hybridized carbons (Fsp3) is 0.143. The molecule has 0 aromatic heterocycles. The van der Waals surface area contributed by atoms with Gasteiger partial charge in [-0.1, -0.05) is 25.1 Å². The largest absolute Gasteiger partial charge is 0.450 e. The van der Waals surface area contributed by atoms with Gasteiger partial charge >= 0.3 is 5.69 Å². The smallest absolute Gasteiger partial charge is 0.346 e. The Morgan fingerprint density at radius 1 is 1.21 bits per heavy atom. The Morgan fingerprint density at radius 3 is 2.47 bits per heavy atom. The molecule has 98 valence electrons. The number of rotatable bonds is 4. The third-order valence-electron chi connectivity index (χ3n) is 2.69. The van der Waals surface area contributed by atoms with Crippen LogP contribution >= 0.6 is 0 Å². The zero-order valence-corrected chi connectivity index (χ0v) is 10.3. The third kappa shape index (κ3) is 2.88. The third-order valence-corrected chi connectivity index (χ3v) is 2.69. The van der Waals surface area contributed by atoms with Crippen molar-refractivity contribution in [1.29, 1.82) is 0 Å². The van der Waals surface area contributed by atoms with Crippen molar-refractivity contribution in [2.75, 3.05) is 0 Å². The van der Waals surface area contributed by atoms with Gasteiger partial charge in [0.15, 0.2) is 0 Å². The summed E-state index contributed by atoms with van der Waals surface area (Å²) in [7, 11) is 0. The molecule has 0 amide bonds. The Labute approximate surface area is 109 Å². The number of para-hydroxylation sites is 1. The summed E-state index contributed by atoms with van der Waals surface area (Å²) in [6.07, 6.45) is 0.889. The molecule has 0 bridgehead atoms. The number of hydrogen-bond acceptors (Lipinski definition) is 3. The number of ether oxygens (including phenoxy) is 1. The maximum atomic E-state index is 13.4.